The number of nitrogens with zero attached hydrogens (tertiary/aromatic N) is 3. The number of rotatable bonds is 6. The summed E-state index contributed by atoms with van der Waals surface area (Å²) in [6, 6.07) is 10.1. The molecule has 7 heteroatoms. The summed E-state index contributed by atoms with van der Waals surface area (Å²) in [6.45, 7) is 2.34. The first-order valence-corrected chi connectivity index (χ1v) is 9.50. The predicted molar refractivity (Wildman–Crippen MR) is 87.8 cm³/mol. The average Bonchev–Trinajstić information content (AvgIpc) is 3.15. The molecule has 1 unspecified atom stereocenters. The maximum Gasteiger partial charge on any atom is 0.211 e. The van der Waals surface area contributed by atoms with Crippen molar-refractivity contribution in [3.63, 3.8) is 0 Å². The van der Waals surface area contributed by atoms with E-state index in [1.807, 2.05) is 29.1 Å². The Morgan fingerprint density at radius 1 is 1.30 bits per heavy atom. The van der Waals surface area contributed by atoms with Gasteiger partial charge in [0.25, 0.3) is 0 Å². The molecule has 0 amide bonds. The number of hydrogen-bond donors (Lipinski definition) is 0. The molecule has 23 heavy (non-hydrogen) atoms. The van der Waals surface area contributed by atoms with Crippen LogP contribution in [0.15, 0.2) is 42.7 Å². The quantitative estimate of drug-likeness (QED) is 0.804. The van der Waals surface area contributed by atoms with Crippen LogP contribution < -0.4 is 4.74 Å². The van der Waals surface area contributed by atoms with E-state index in [1.54, 1.807) is 6.20 Å². The third-order valence-electron chi connectivity index (χ3n) is 4.00. The molecule has 0 aliphatic carbocycles. The molecule has 2 heterocycles. The molecule has 1 aromatic heterocycles. The van der Waals surface area contributed by atoms with Crippen LogP contribution >= 0.6 is 0 Å². The van der Waals surface area contributed by atoms with Crippen molar-refractivity contribution in [1.29, 1.82) is 0 Å². The van der Waals surface area contributed by atoms with Crippen molar-refractivity contribution in [2.24, 2.45) is 5.92 Å². The second-order valence-corrected chi connectivity index (χ2v) is 7.93. The van der Waals surface area contributed by atoms with E-state index in [0.717, 1.165) is 12.2 Å². The van der Waals surface area contributed by atoms with Gasteiger partial charge in [0, 0.05) is 19.0 Å². The Bertz CT molecular complexity index is 743. The predicted octanol–water partition coefficient (Wildman–Crippen LogP) is 1.59. The molecule has 1 fully saturated rings. The summed E-state index contributed by atoms with van der Waals surface area (Å²) in [5.41, 5.74) is 1.18. The van der Waals surface area contributed by atoms with Crippen molar-refractivity contribution in [1.82, 2.24) is 14.1 Å². The molecule has 0 saturated carbocycles. The molecule has 0 bridgehead atoms. The van der Waals surface area contributed by atoms with Crippen molar-refractivity contribution in [2.45, 2.75) is 13.0 Å². The second-order valence-electron chi connectivity index (χ2n) is 5.95. The SMILES string of the molecule is CS(=O)(=O)N1CCC(COc2cnn(Cc3ccccc3)c2)C1. The van der Waals surface area contributed by atoms with E-state index in [0.29, 0.717) is 26.2 Å². The maximum absolute atomic E-state index is 11.5. The van der Waals surface area contributed by atoms with Gasteiger partial charge < -0.3 is 4.74 Å². The summed E-state index contributed by atoms with van der Waals surface area (Å²) in [6.07, 6.45) is 5.66. The van der Waals surface area contributed by atoms with Crippen molar-refractivity contribution >= 4 is 10.0 Å². The molecule has 0 radical (unpaired) electrons. The van der Waals surface area contributed by atoms with Gasteiger partial charge in [0.15, 0.2) is 5.75 Å². The zero-order valence-corrected chi connectivity index (χ0v) is 13.9. The fraction of sp³-hybridized carbons (Fsp3) is 0.438. The van der Waals surface area contributed by atoms with Crippen LogP contribution in [0.1, 0.15) is 12.0 Å². The molecule has 1 aliphatic heterocycles. The van der Waals surface area contributed by atoms with Crippen LogP contribution in [0, 0.1) is 5.92 Å². The van der Waals surface area contributed by atoms with E-state index in [-0.39, 0.29) is 5.92 Å². The minimum absolute atomic E-state index is 0.238. The molecule has 0 spiro atoms. The molecule has 2 aromatic rings. The zero-order chi connectivity index (χ0) is 16.3. The molecule has 3 rings (SSSR count). The van der Waals surface area contributed by atoms with Crippen LogP contribution in [0.25, 0.3) is 0 Å². The maximum atomic E-state index is 11.5. The summed E-state index contributed by atoms with van der Waals surface area (Å²) in [4.78, 5) is 0. The number of benzene rings is 1. The standard InChI is InChI=1S/C16H21N3O3S/c1-23(20,21)19-8-7-15(11-19)13-22-16-9-17-18(12-16)10-14-5-3-2-4-6-14/h2-6,9,12,15H,7-8,10-11,13H2,1H3. The van der Waals surface area contributed by atoms with E-state index in [1.165, 1.54) is 16.1 Å². The summed E-state index contributed by atoms with van der Waals surface area (Å²) in [5, 5.41) is 4.30. The highest BCUT2D eigenvalue weighted by Gasteiger charge is 2.28. The van der Waals surface area contributed by atoms with Gasteiger partial charge in [-0.25, -0.2) is 12.7 Å². The Hall–Kier alpha value is -1.86. The first kappa shape index (κ1) is 16.0. The third-order valence-corrected chi connectivity index (χ3v) is 5.27. The summed E-state index contributed by atoms with van der Waals surface area (Å²) in [5.74, 6) is 0.959. The Balaban J connectivity index is 1.50. The van der Waals surface area contributed by atoms with Crippen LogP contribution in [0.4, 0.5) is 0 Å². The summed E-state index contributed by atoms with van der Waals surface area (Å²) >= 11 is 0. The van der Waals surface area contributed by atoms with Gasteiger partial charge in [-0.3, -0.25) is 4.68 Å². The average molecular weight is 335 g/mol. The minimum Gasteiger partial charge on any atom is -0.490 e. The van der Waals surface area contributed by atoms with Crippen molar-refractivity contribution in [3.8, 4) is 5.75 Å². The van der Waals surface area contributed by atoms with E-state index >= 15 is 0 Å². The van der Waals surface area contributed by atoms with E-state index in [2.05, 4.69) is 17.2 Å². The van der Waals surface area contributed by atoms with Crippen LogP contribution in [-0.2, 0) is 16.6 Å². The number of sulfonamides is 1. The van der Waals surface area contributed by atoms with Crippen molar-refractivity contribution < 1.29 is 13.2 Å². The number of hydrogen-bond acceptors (Lipinski definition) is 4. The van der Waals surface area contributed by atoms with Crippen LogP contribution in [0.2, 0.25) is 0 Å². The molecule has 6 nitrogen and oxygen atoms in total. The lowest BCUT2D eigenvalue weighted by Crippen LogP contribution is -2.28. The molecule has 1 saturated heterocycles. The van der Waals surface area contributed by atoms with E-state index in [9.17, 15) is 8.42 Å². The Labute approximate surface area is 136 Å². The molecule has 1 aliphatic rings. The Kier molecular flexibility index (Phi) is 4.68. The zero-order valence-electron chi connectivity index (χ0n) is 13.1. The highest BCUT2D eigenvalue weighted by atomic mass is 32.2. The minimum atomic E-state index is -3.09. The molecule has 124 valence electrons. The largest absolute Gasteiger partial charge is 0.490 e. The lowest BCUT2D eigenvalue weighted by Gasteiger charge is -2.13. The first-order chi connectivity index (χ1) is 11.0. The van der Waals surface area contributed by atoms with Gasteiger partial charge in [-0.1, -0.05) is 30.3 Å². The highest BCUT2D eigenvalue weighted by molar-refractivity contribution is 7.88. The van der Waals surface area contributed by atoms with Gasteiger partial charge in [-0.15, -0.1) is 0 Å². The molecular weight excluding hydrogens is 314 g/mol. The fourth-order valence-corrected chi connectivity index (χ4v) is 3.64. The Morgan fingerprint density at radius 2 is 2.09 bits per heavy atom. The number of aromatic nitrogens is 2. The molecule has 0 N–H and O–H groups in total. The third kappa shape index (κ3) is 4.33. The van der Waals surface area contributed by atoms with Gasteiger partial charge in [-0.05, 0) is 12.0 Å². The highest BCUT2D eigenvalue weighted by Crippen LogP contribution is 2.20. The van der Waals surface area contributed by atoms with Gasteiger partial charge in [-0.2, -0.15) is 5.10 Å². The van der Waals surface area contributed by atoms with Crippen LogP contribution in [0.3, 0.4) is 0 Å². The first-order valence-electron chi connectivity index (χ1n) is 7.65. The van der Waals surface area contributed by atoms with Gasteiger partial charge >= 0.3 is 0 Å². The molecule has 1 aromatic carbocycles. The van der Waals surface area contributed by atoms with E-state index in [4.69, 9.17) is 4.74 Å². The topological polar surface area (TPSA) is 64.4 Å². The molecular formula is C16H21N3O3S. The second kappa shape index (κ2) is 6.72. The monoisotopic (exact) mass is 335 g/mol. The smallest absolute Gasteiger partial charge is 0.211 e. The molecule has 1 atom stereocenters. The van der Waals surface area contributed by atoms with Crippen molar-refractivity contribution in [2.75, 3.05) is 26.0 Å². The van der Waals surface area contributed by atoms with Crippen LogP contribution in [0.5, 0.6) is 5.75 Å². The Morgan fingerprint density at radius 3 is 2.78 bits per heavy atom. The lowest BCUT2D eigenvalue weighted by molar-refractivity contribution is 0.255. The summed E-state index contributed by atoms with van der Waals surface area (Å²) in [7, 11) is -3.09. The normalized spacial score (nSPS) is 19.1. The summed E-state index contributed by atoms with van der Waals surface area (Å²) < 4.78 is 32.1. The lowest BCUT2D eigenvalue weighted by atomic mass is 10.1. The fourth-order valence-electron chi connectivity index (χ4n) is 2.72. The van der Waals surface area contributed by atoms with Crippen LogP contribution in [-0.4, -0.2) is 48.5 Å². The van der Waals surface area contributed by atoms with Gasteiger partial charge in [0.1, 0.15) is 0 Å². The van der Waals surface area contributed by atoms with Crippen molar-refractivity contribution in [3.05, 3.63) is 48.3 Å². The van der Waals surface area contributed by atoms with Gasteiger partial charge in [0.05, 0.1) is 31.8 Å². The van der Waals surface area contributed by atoms with Gasteiger partial charge in [0.2, 0.25) is 10.0 Å². The number of ether oxygens (including phenoxy) is 1. The van der Waals surface area contributed by atoms with E-state index < -0.39 is 10.0 Å².